The maximum Gasteiger partial charge on any atom is 0.255 e. The average Bonchev–Trinajstić information content (AvgIpc) is 2.71. The molecule has 0 radical (unpaired) electrons. The molecule has 1 amide bonds. The van der Waals surface area contributed by atoms with Crippen LogP contribution in [0, 0.1) is 0 Å². The van der Waals surface area contributed by atoms with Gasteiger partial charge in [-0.15, -0.1) is 0 Å². The molecule has 1 N–H and O–H groups in total. The van der Waals surface area contributed by atoms with Crippen molar-refractivity contribution in [2.24, 2.45) is 0 Å². The number of rotatable bonds is 4. The Morgan fingerprint density at radius 3 is 3.00 bits per heavy atom. The Morgan fingerprint density at radius 2 is 2.28 bits per heavy atom. The van der Waals surface area contributed by atoms with Crippen molar-refractivity contribution in [1.29, 1.82) is 0 Å². The molecule has 18 heavy (non-hydrogen) atoms. The van der Waals surface area contributed by atoms with Gasteiger partial charge in [-0.3, -0.25) is 4.79 Å². The molecule has 0 fully saturated rings. The molecule has 0 spiro atoms. The van der Waals surface area contributed by atoms with E-state index in [1.807, 2.05) is 13.8 Å². The molecule has 6 nitrogen and oxygen atoms in total. The summed E-state index contributed by atoms with van der Waals surface area (Å²) in [5, 5.41) is 11.0. The fraction of sp³-hybridized carbons (Fsp3) is 0.417. The van der Waals surface area contributed by atoms with Gasteiger partial charge in [0, 0.05) is 13.3 Å². The Kier molecular flexibility index (Phi) is 3.29. The summed E-state index contributed by atoms with van der Waals surface area (Å²) in [6, 6.07) is 3.58. The van der Waals surface area contributed by atoms with E-state index in [1.54, 1.807) is 25.4 Å². The fourth-order valence-electron chi connectivity index (χ4n) is 1.78. The molecular weight excluding hydrogens is 232 g/mol. The van der Waals surface area contributed by atoms with Crippen LogP contribution in [0.15, 0.2) is 24.5 Å². The minimum Gasteiger partial charge on any atom is -0.382 e. The molecular formula is C12H16N4O2. The monoisotopic (exact) mass is 248 g/mol. The number of hydrogen-bond acceptors (Lipinski definition) is 4. The summed E-state index contributed by atoms with van der Waals surface area (Å²) >= 11 is 0. The van der Waals surface area contributed by atoms with Crippen LogP contribution in [0.4, 0.5) is 0 Å². The smallest absolute Gasteiger partial charge is 0.255 e. The highest BCUT2D eigenvalue weighted by molar-refractivity contribution is 6.00. The minimum absolute atomic E-state index is 0.181. The van der Waals surface area contributed by atoms with Crippen LogP contribution in [0.5, 0.6) is 0 Å². The lowest BCUT2D eigenvalue weighted by atomic mass is 10.1. The number of hydrogen-bond donors (Lipinski definition) is 1. The summed E-state index contributed by atoms with van der Waals surface area (Å²) < 4.78 is 6.49. The molecule has 0 bridgehead atoms. The number of ether oxygens (including phenoxy) is 1. The maximum absolute atomic E-state index is 12.2. The number of carbonyl (C=O) groups excluding carboxylic acids is 1. The van der Waals surface area contributed by atoms with Crippen LogP contribution in [0.1, 0.15) is 24.2 Å². The Balaban J connectivity index is 2.24. The maximum atomic E-state index is 12.2. The summed E-state index contributed by atoms with van der Waals surface area (Å²) in [5.41, 5.74) is 0.762. The Labute approximate surface area is 105 Å². The first-order valence-corrected chi connectivity index (χ1v) is 5.64. The third-order valence-corrected chi connectivity index (χ3v) is 2.51. The quantitative estimate of drug-likeness (QED) is 0.872. The van der Waals surface area contributed by atoms with Crippen LogP contribution in [0.25, 0.3) is 5.52 Å². The van der Waals surface area contributed by atoms with Crippen LogP contribution >= 0.6 is 0 Å². The van der Waals surface area contributed by atoms with E-state index in [1.165, 1.54) is 10.8 Å². The molecule has 96 valence electrons. The van der Waals surface area contributed by atoms with Crippen molar-refractivity contribution in [3.05, 3.63) is 30.1 Å². The Hall–Kier alpha value is -1.95. The molecule has 0 aromatic carbocycles. The molecule has 2 aromatic heterocycles. The van der Waals surface area contributed by atoms with Gasteiger partial charge in [-0.2, -0.15) is 14.8 Å². The molecule has 0 saturated heterocycles. The first kappa shape index (κ1) is 12.5. The number of amides is 1. The van der Waals surface area contributed by atoms with Crippen LogP contribution in [-0.2, 0) is 4.74 Å². The summed E-state index contributed by atoms with van der Waals surface area (Å²) in [5.74, 6) is -0.181. The van der Waals surface area contributed by atoms with Crippen molar-refractivity contribution >= 4 is 11.4 Å². The van der Waals surface area contributed by atoms with Crippen molar-refractivity contribution in [1.82, 2.24) is 20.1 Å². The fourth-order valence-corrected chi connectivity index (χ4v) is 1.78. The molecule has 2 aromatic rings. The van der Waals surface area contributed by atoms with Crippen molar-refractivity contribution in [3.63, 3.8) is 0 Å². The number of aromatic nitrogens is 3. The topological polar surface area (TPSA) is 68.5 Å². The zero-order valence-electron chi connectivity index (χ0n) is 10.7. The number of fused-ring (bicyclic) bond motifs is 1. The largest absolute Gasteiger partial charge is 0.382 e. The van der Waals surface area contributed by atoms with Gasteiger partial charge in [0.05, 0.1) is 23.9 Å². The highest BCUT2D eigenvalue weighted by Crippen LogP contribution is 2.11. The van der Waals surface area contributed by atoms with E-state index in [4.69, 9.17) is 4.74 Å². The van der Waals surface area contributed by atoms with Crippen LogP contribution < -0.4 is 5.32 Å². The van der Waals surface area contributed by atoms with E-state index in [9.17, 15) is 4.79 Å². The summed E-state index contributed by atoms with van der Waals surface area (Å²) in [4.78, 5) is 12.2. The van der Waals surface area contributed by atoms with E-state index in [0.717, 1.165) is 0 Å². The van der Waals surface area contributed by atoms with Gasteiger partial charge in [0.25, 0.3) is 5.91 Å². The molecule has 0 aliphatic carbocycles. The van der Waals surface area contributed by atoms with Gasteiger partial charge in [0.2, 0.25) is 0 Å². The first-order chi connectivity index (χ1) is 8.53. The molecule has 0 unspecified atom stereocenters. The molecule has 0 saturated carbocycles. The minimum atomic E-state index is -0.428. The van der Waals surface area contributed by atoms with Crippen LogP contribution in [0.3, 0.4) is 0 Å². The zero-order valence-corrected chi connectivity index (χ0v) is 10.7. The highest BCUT2D eigenvalue weighted by Gasteiger charge is 2.23. The number of methoxy groups -OCH3 is 1. The first-order valence-electron chi connectivity index (χ1n) is 5.64. The molecule has 0 aliphatic heterocycles. The summed E-state index contributed by atoms with van der Waals surface area (Å²) in [6.07, 6.45) is 3.14. The lowest BCUT2D eigenvalue weighted by molar-refractivity contribution is 0.0821. The van der Waals surface area contributed by atoms with Crippen molar-refractivity contribution in [2.75, 3.05) is 13.7 Å². The standard InChI is InChI=1S/C12H16N4O2/c1-12(2,8-18-3)15-11(17)9-7-14-16-10(9)5-4-6-13-16/h4-7H,8H2,1-3H3,(H,15,17). The number of nitrogens with one attached hydrogen (secondary N) is 1. The van der Waals surface area contributed by atoms with Gasteiger partial charge in [-0.25, -0.2) is 0 Å². The van der Waals surface area contributed by atoms with Gasteiger partial charge in [0.15, 0.2) is 0 Å². The summed E-state index contributed by atoms with van der Waals surface area (Å²) in [7, 11) is 1.60. The van der Waals surface area contributed by atoms with Gasteiger partial charge < -0.3 is 10.1 Å². The molecule has 0 atom stereocenters. The highest BCUT2D eigenvalue weighted by atomic mass is 16.5. The van der Waals surface area contributed by atoms with E-state index >= 15 is 0 Å². The molecule has 2 heterocycles. The van der Waals surface area contributed by atoms with E-state index in [0.29, 0.717) is 17.7 Å². The second kappa shape index (κ2) is 4.73. The van der Waals surface area contributed by atoms with Gasteiger partial charge in [-0.05, 0) is 26.0 Å². The predicted octanol–water partition coefficient (Wildman–Crippen LogP) is 0.884. The van der Waals surface area contributed by atoms with Gasteiger partial charge in [-0.1, -0.05) is 0 Å². The van der Waals surface area contributed by atoms with E-state index < -0.39 is 5.54 Å². The van der Waals surface area contributed by atoms with E-state index in [-0.39, 0.29) is 5.91 Å². The second-order valence-corrected chi connectivity index (χ2v) is 4.73. The van der Waals surface area contributed by atoms with Crippen molar-refractivity contribution in [2.45, 2.75) is 19.4 Å². The van der Waals surface area contributed by atoms with Crippen molar-refractivity contribution in [3.8, 4) is 0 Å². The third kappa shape index (κ3) is 2.48. The average molecular weight is 248 g/mol. The lowest BCUT2D eigenvalue weighted by Crippen LogP contribution is -2.46. The lowest BCUT2D eigenvalue weighted by Gasteiger charge is -2.24. The van der Waals surface area contributed by atoms with Gasteiger partial charge in [0.1, 0.15) is 5.52 Å². The summed E-state index contributed by atoms with van der Waals surface area (Å²) in [6.45, 7) is 4.24. The third-order valence-electron chi connectivity index (χ3n) is 2.51. The predicted molar refractivity (Wildman–Crippen MR) is 66.4 cm³/mol. The molecule has 2 rings (SSSR count). The Morgan fingerprint density at radius 1 is 1.50 bits per heavy atom. The van der Waals surface area contributed by atoms with E-state index in [2.05, 4.69) is 15.5 Å². The second-order valence-electron chi connectivity index (χ2n) is 4.73. The zero-order chi connectivity index (χ0) is 13.2. The van der Waals surface area contributed by atoms with Crippen LogP contribution in [-0.4, -0.2) is 40.0 Å². The molecule has 6 heteroatoms. The van der Waals surface area contributed by atoms with Gasteiger partial charge >= 0.3 is 0 Å². The Bertz CT molecular complexity index is 562. The number of carbonyl (C=O) groups is 1. The van der Waals surface area contributed by atoms with Crippen molar-refractivity contribution < 1.29 is 9.53 Å². The normalized spacial score (nSPS) is 11.7. The molecule has 0 aliphatic rings. The number of nitrogens with zero attached hydrogens (tertiary/aromatic N) is 3. The SMILES string of the molecule is COCC(C)(C)NC(=O)c1cnn2ncccc12. The van der Waals surface area contributed by atoms with Crippen LogP contribution in [0.2, 0.25) is 0 Å².